The Morgan fingerprint density at radius 1 is 0.967 bits per heavy atom. The number of ether oxygens (including phenoxy) is 1. The van der Waals surface area contributed by atoms with Crippen LogP contribution in [-0.4, -0.2) is 26.7 Å². The number of nitrogens with two attached hydrogens (primary N) is 1. The number of rotatable bonds is 6. The summed E-state index contributed by atoms with van der Waals surface area (Å²) >= 11 is 0. The Labute approximate surface area is 173 Å². The molecule has 0 spiro atoms. The lowest BCUT2D eigenvalue weighted by molar-refractivity contribution is 0.480. The lowest BCUT2D eigenvalue weighted by Crippen LogP contribution is -2.04. The van der Waals surface area contributed by atoms with Gasteiger partial charge in [-0.15, -0.1) is 0 Å². The second kappa shape index (κ2) is 8.90. The zero-order chi connectivity index (χ0) is 20.8. The average Bonchev–Trinajstić information content (AvgIpc) is 2.81. The maximum Gasteiger partial charge on any atom is 0.162 e. The molecule has 0 saturated heterocycles. The fourth-order valence-corrected chi connectivity index (χ4v) is 2.93. The van der Waals surface area contributed by atoms with E-state index >= 15 is 0 Å². The van der Waals surface area contributed by atoms with Crippen molar-refractivity contribution in [3.8, 4) is 40.2 Å². The molecule has 2 aromatic heterocycles. The maximum atomic E-state index is 9.31. The van der Waals surface area contributed by atoms with Crippen LogP contribution in [0.1, 0.15) is 11.1 Å². The summed E-state index contributed by atoms with van der Waals surface area (Å²) < 4.78 is 6.09. The number of hydrogen-bond acceptors (Lipinski definition) is 7. The molecular weight excluding hydrogens is 376 g/mol. The summed E-state index contributed by atoms with van der Waals surface area (Å²) in [7, 11) is 0. The molecule has 0 aliphatic carbocycles. The van der Waals surface area contributed by atoms with Gasteiger partial charge in [0.1, 0.15) is 11.5 Å². The number of benzene rings is 2. The molecule has 2 heterocycles. The van der Waals surface area contributed by atoms with Crippen LogP contribution in [0.4, 0.5) is 0 Å². The van der Waals surface area contributed by atoms with E-state index in [-0.39, 0.29) is 0 Å². The third-order valence-electron chi connectivity index (χ3n) is 4.42. The average molecular weight is 394 g/mol. The van der Waals surface area contributed by atoms with Crippen LogP contribution in [0.25, 0.3) is 22.6 Å². The van der Waals surface area contributed by atoms with Crippen molar-refractivity contribution in [2.24, 2.45) is 5.73 Å². The van der Waals surface area contributed by atoms with Gasteiger partial charge in [0, 0.05) is 24.0 Å². The van der Waals surface area contributed by atoms with Crippen LogP contribution in [0.3, 0.4) is 0 Å². The largest absolute Gasteiger partial charge is 0.455 e. The monoisotopic (exact) mass is 394 g/mol. The fourth-order valence-electron chi connectivity index (χ4n) is 2.93. The van der Waals surface area contributed by atoms with Crippen molar-refractivity contribution in [3.05, 3.63) is 84.3 Å². The zero-order valence-corrected chi connectivity index (χ0v) is 16.1. The van der Waals surface area contributed by atoms with Crippen molar-refractivity contribution in [3.63, 3.8) is 0 Å². The van der Waals surface area contributed by atoms with Crippen molar-refractivity contribution in [1.82, 2.24) is 20.2 Å². The molecule has 4 aromatic rings. The Kier molecular flexibility index (Phi) is 5.69. The molecule has 0 radical (unpaired) electrons. The molecule has 0 amide bonds. The minimum Gasteiger partial charge on any atom is -0.455 e. The summed E-state index contributed by atoms with van der Waals surface area (Å²) in [6.07, 6.45) is 5.74. The lowest BCUT2D eigenvalue weighted by atomic mass is 10.1. The van der Waals surface area contributed by atoms with Crippen LogP contribution in [-0.2, 0) is 6.42 Å². The van der Waals surface area contributed by atoms with Crippen molar-refractivity contribution >= 4 is 0 Å². The molecule has 0 bridgehead atoms. The van der Waals surface area contributed by atoms with Gasteiger partial charge in [0.2, 0.25) is 0 Å². The zero-order valence-electron chi connectivity index (χ0n) is 16.1. The van der Waals surface area contributed by atoms with Gasteiger partial charge in [0.25, 0.3) is 0 Å². The van der Waals surface area contributed by atoms with E-state index in [0.29, 0.717) is 47.1 Å². The predicted octanol–water partition coefficient (Wildman–Crippen LogP) is 3.77. The van der Waals surface area contributed by atoms with Crippen LogP contribution >= 0.6 is 0 Å². The summed E-state index contributed by atoms with van der Waals surface area (Å²) in [5.74, 6) is 1.47. The van der Waals surface area contributed by atoms with Gasteiger partial charge in [-0.05, 0) is 36.7 Å². The standard InChI is InChI=1S/C23H18N6O/c24-9-8-17-13-26-23(27-14-17)20-7-6-16(12-25)10-22(20)30-19-11-21(29-28-15-19)18-4-2-1-3-5-18/h1-7,10-11,13-15H,8-9,24H2. The number of nitriles is 1. The van der Waals surface area contributed by atoms with Crippen LogP contribution in [0.2, 0.25) is 0 Å². The third kappa shape index (κ3) is 4.29. The van der Waals surface area contributed by atoms with Crippen molar-refractivity contribution in [2.75, 3.05) is 6.54 Å². The van der Waals surface area contributed by atoms with Gasteiger partial charge in [0.05, 0.1) is 29.1 Å². The van der Waals surface area contributed by atoms with Gasteiger partial charge in [-0.1, -0.05) is 30.3 Å². The minimum absolute atomic E-state index is 0.465. The first-order chi connectivity index (χ1) is 14.8. The molecule has 7 nitrogen and oxygen atoms in total. The molecular formula is C23H18N6O. The Hall–Kier alpha value is -4.15. The van der Waals surface area contributed by atoms with E-state index in [4.69, 9.17) is 10.5 Å². The first kappa shape index (κ1) is 19.2. The second-order valence-electron chi connectivity index (χ2n) is 6.52. The molecule has 2 aromatic carbocycles. The van der Waals surface area contributed by atoms with Gasteiger partial charge in [-0.25, -0.2) is 9.97 Å². The lowest BCUT2D eigenvalue weighted by Gasteiger charge is -2.11. The van der Waals surface area contributed by atoms with Gasteiger partial charge in [-0.2, -0.15) is 15.5 Å². The summed E-state index contributed by atoms with van der Waals surface area (Å²) in [6, 6.07) is 18.8. The number of hydrogen-bond donors (Lipinski definition) is 1. The van der Waals surface area contributed by atoms with Gasteiger partial charge >= 0.3 is 0 Å². The molecule has 4 rings (SSSR count). The van der Waals surface area contributed by atoms with E-state index in [2.05, 4.69) is 26.2 Å². The first-order valence-electron chi connectivity index (χ1n) is 9.38. The van der Waals surface area contributed by atoms with E-state index in [1.165, 1.54) is 6.20 Å². The van der Waals surface area contributed by atoms with E-state index < -0.39 is 0 Å². The van der Waals surface area contributed by atoms with Crippen LogP contribution in [0, 0.1) is 11.3 Å². The number of aromatic nitrogens is 4. The van der Waals surface area contributed by atoms with E-state index in [1.54, 1.807) is 36.7 Å². The van der Waals surface area contributed by atoms with E-state index in [9.17, 15) is 5.26 Å². The molecule has 30 heavy (non-hydrogen) atoms. The highest BCUT2D eigenvalue weighted by Gasteiger charge is 2.13. The van der Waals surface area contributed by atoms with Crippen molar-refractivity contribution < 1.29 is 4.74 Å². The fraction of sp³-hybridized carbons (Fsp3) is 0.0870. The normalized spacial score (nSPS) is 10.4. The molecule has 0 atom stereocenters. The van der Waals surface area contributed by atoms with Crippen molar-refractivity contribution in [2.45, 2.75) is 6.42 Å². The summed E-state index contributed by atoms with van der Waals surface area (Å²) in [6.45, 7) is 0.534. The Bertz CT molecular complexity index is 1190. The SMILES string of the molecule is N#Cc1ccc(-c2ncc(CCN)cn2)c(Oc2cnnc(-c3ccccc3)c2)c1. The highest BCUT2D eigenvalue weighted by Crippen LogP contribution is 2.33. The topological polar surface area (TPSA) is 111 Å². The van der Waals surface area contributed by atoms with Crippen LogP contribution in [0.15, 0.2) is 73.2 Å². The molecule has 0 unspecified atom stereocenters. The van der Waals surface area contributed by atoms with Gasteiger partial charge < -0.3 is 10.5 Å². The summed E-state index contributed by atoms with van der Waals surface area (Å²) in [5.41, 5.74) is 9.31. The molecule has 0 aliphatic heterocycles. The minimum atomic E-state index is 0.465. The van der Waals surface area contributed by atoms with Crippen molar-refractivity contribution in [1.29, 1.82) is 5.26 Å². The Morgan fingerprint density at radius 3 is 2.50 bits per heavy atom. The summed E-state index contributed by atoms with van der Waals surface area (Å²) in [5, 5.41) is 17.5. The Morgan fingerprint density at radius 2 is 1.77 bits per heavy atom. The quantitative estimate of drug-likeness (QED) is 0.530. The maximum absolute atomic E-state index is 9.31. The molecule has 146 valence electrons. The highest BCUT2D eigenvalue weighted by molar-refractivity contribution is 5.67. The van der Waals surface area contributed by atoms with Crippen LogP contribution < -0.4 is 10.5 Å². The summed E-state index contributed by atoms with van der Waals surface area (Å²) in [4.78, 5) is 8.87. The molecule has 2 N–H and O–H groups in total. The highest BCUT2D eigenvalue weighted by atomic mass is 16.5. The third-order valence-corrected chi connectivity index (χ3v) is 4.42. The van der Waals surface area contributed by atoms with Crippen LogP contribution in [0.5, 0.6) is 11.5 Å². The van der Waals surface area contributed by atoms with Gasteiger partial charge in [-0.3, -0.25) is 0 Å². The molecule has 0 fully saturated rings. The van der Waals surface area contributed by atoms with E-state index in [1.807, 2.05) is 30.3 Å². The molecule has 7 heteroatoms. The number of nitrogens with zero attached hydrogens (tertiary/aromatic N) is 5. The molecule has 0 aliphatic rings. The predicted molar refractivity (Wildman–Crippen MR) is 112 cm³/mol. The first-order valence-corrected chi connectivity index (χ1v) is 9.38. The van der Waals surface area contributed by atoms with E-state index in [0.717, 1.165) is 11.1 Å². The second-order valence-corrected chi connectivity index (χ2v) is 6.52. The smallest absolute Gasteiger partial charge is 0.162 e. The Balaban J connectivity index is 1.69. The molecule has 0 saturated carbocycles. The van der Waals surface area contributed by atoms with Gasteiger partial charge in [0.15, 0.2) is 5.82 Å².